The second kappa shape index (κ2) is 8.85. The number of aryl methyl sites for hydroxylation is 1. The number of rotatable bonds is 6. The van der Waals surface area contributed by atoms with Crippen LogP contribution in [0.4, 0.5) is 4.39 Å². The Hall–Kier alpha value is -2.34. The van der Waals surface area contributed by atoms with E-state index in [0.717, 1.165) is 49.9 Å². The summed E-state index contributed by atoms with van der Waals surface area (Å²) in [6, 6.07) is 4.86. The molecule has 1 aromatic carbocycles. The summed E-state index contributed by atoms with van der Waals surface area (Å²) in [4.78, 5) is 21.1. The fourth-order valence-electron chi connectivity index (χ4n) is 3.39. The molecule has 0 aliphatic carbocycles. The van der Waals surface area contributed by atoms with E-state index in [2.05, 4.69) is 21.9 Å². The van der Waals surface area contributed by atoms with Crippen LogP contribution in [0, 0.1) is 5.82 Å². The predicted molar refractivity (Wildman–Crippen MR) is 97.7 cm³/mol. The molecule has 138 valence electrons. The Morgan fingerprint density at radius 3 is 2.58 bits per heavy atom. The monoisotopic (exact) mass is 356 g/mol. The third-order valence-electron chi connectivity index (χ3n) is 4.72. The summed E-state index contributed by atoms with van der Waals surface area (Å²) >= 11 is 0. The van der Waals surface area contributed by atoms with Gasteiger partial charge in [0.15, 0.2) is 0 Å². The van der Waals surface area contributed by atoms with E-state index in [9.17, 15) is 9.18 Å². The van der Waals surface area contributed by atoms with Crippen LogP contribution >= 0.6 is 0 Å². The smallest absolute Gasteiger partial charge is 0.267 e. The molecule has 0 saturated carbocycles. The van der Waals surface area contributed by atoms with E-state index >= 15 is 0 Å². The molecule has 1 aliphatic heterocycles. The lowest BCUT2D eigenvalue weighted by molar-refractivity contribution is -0.0269. The number of hydrogen-bond donors (Lipinski definition) is 0. The van der Waals surface area contributed by atoms with Crippen LogP contribution in [0.5, 0.6) is 0 Å². The van der Waals surface area contributed by atoms with Crippen molar-refractivity contribution in [3.63, 3.8) is 0 Å². The van der Waals surface area contributed by atoms with E-state index in [-0.39, 0.29) is 11.7 Å². The van der Waals surface area contributed by atoms with Crippen molar-refractivity contribution >= 4 is 5.91 Å². The van der Waals surface area contributed by atoms with Crippen LogP contribution in [0.15, 0.2) is 36.9 Å². The lowest BCUT2D eigenvalue weighted by Crippen LogP contribution is -2.48. The first-order chi connectivity index (χ1) is 12.7. The number of benzene rings is 1. The summed E-state index contributed by atoms with van der Waals surface area (Å²) in [5.74, 6) is -0.344. The molecule has 0 spiro atoms. The van der Waals surface area contributed by atoms with Gasteiger partial charge in [-0.1, -0.05) is 25.8 Å². The Labute approximate surface area is 153 Å². The van der Waals surface area contributed by atoms with Crippen LogP contribution in [0.3, 0.4) is 0 Å². The highest BCUT2D eigenvalue weighted by molar-refractivity contribution is 5.93. The number of piperidine rings is 1. The van der Waals surface area contributed by atoms with Crippen molar-refractivity contribution in [3.05, 3.63) is 59.4 Å². The van der Waals surface area contributed by atoms with Gasteiger partial charge in [-0.25, -0.2) is 19.4 Å². The molecule has 0 unspecified atom stereocenters. The molecule has 0 N–H and O–H groups in total. The van der Waals surface area contributed by atoms with E-state index in [1.807, 2.05) is 0 Å². The summed E-state index contributed by atoms with van der Waals surface area (Å²) in [5.41, 5.74) is 2.42. The highest BCUT2D eigenvalue weighted by Crippen LogP contribution is 2.21. The lowest BCUT2D eigenvalue weighted by Gasteiger charge is -2.37. The van der Waals surface area contributed by atoms with Gasteiger partial charge in [-0.2, -0.15) is 0 Å². The van der Waals surface area contributed by atoms with E-state index in [0.29, 0.717) is 12.1 Å². The van der Waals surface area contributed by atoms with Crippen molar-refractivity contribution in [2.45, 2.75) is 45.6 Å². The first-order valence-electron chi connectivity index (χ1n) is 9.28. The fourth-order valence-corrected chi connectivity index (χ4v) is 3.39. The summed E-state index contributed by atoms with van der Waals surface area (Å²) in [6.07, 6.45) is 9.56. The molecule has 1 fully saturated rings. The van der Waals surface area contributed by atoms with Gasteiger partial charge in [0, 0.05) is 25.5 Å². The van der Waals surface area contributed by atoms with E-state index < -0.39 is 0 Å². The van der Waals surface area contributed by atoms with Crippen molar-refractivity contribution in [3.8, 4) is 0 Å². The Kier molecular flexibility index (Phi) is 6.28. The molecule has 0 atom stereocenters. The fraction of sp³-hybridized carbons (Fsp3) is 0.450. The Bertz CT molecular complexity index is 732. The van der Waals surface area contributed by atoms with Crippen molar-refractivity contribution in [2.75, 3.05) is 13.1 Å². The number of hydrazine groups is 1. The van der Waals surface area contributed by atoms with E-state index in [1.54, 1.807) is 29.5 Å². The van der Waals surface area contributed by atoms with Crippen LogP contribution in [-0.2, 0) is 13.0 Å². The number of hydrogen-bond acceptors (Lipinski definition) is 4. The molecule has 1 aliphatic rings. The van der Waals surface area contributed by atoms with Crippen molar-refractivity contribution in [2.24, 2.45) is 0 Å². The van der Waals surface area contributed by atoms with Crippen LogP contribution < -0.4 is 0 Å². The largest absolute Gasteiger partial charge is 0.271 e. The minimum absolute atomic E-state index is 0.112. The average Bonchev–Trinajstić information content (AvgIpc) is 2.68. The zero-order valence-corrected chi connectivity index (χ0v) is 15.2. The quantitative estimate of drug-likeness (QED) is 0.793. The third-order valence-corrected chi connectivity index (χ3v) is 4.72. The summed E-state index contributed by atoms with van der Waals surface area (Å²) < 4.78 is 13.7. The molecule has 3 rings (SSSR count). The maximum atomic E-state index is 13.7. The zero-order valence-electron chi connectivity index (χ0n) is 15.2. The second-order valence-electron chi connectivity index (χ2n) is 6.67. The van der Waals surface area contributed by atoms with Crippen LogP contribution in [0.2, 0.25) is 0 Å². The topological polar surface area (TPSA) is 49.3 Å². The minimum Gasteiger partial charge on any atom is -0.267 e. The Morgan fingerprint density at radius 2 is 1.88 bits per heavy atom. The molecule has 1 aromatic heterocycles. The summed E-state index contributed by atoms with van der Waals surface area (Å²) in [5, 5.41) is 3.89. The van der Waals surface area contributed by atoms with Crippen molar-refractivity contribution < 1.29 is 9.18 Å². The molecule has 6 heteroatoms. The maximum absolute atomic E-state index is 13.7. The number of halogens is 1. The van der Waals surface area contributed by atoms with Gasteiger partial charge in [-0.3, -0.25) is 9.80 Å². The molecule has 5 nitrogen and oxygen atoms in total. The molecule has 0 radical (unpaired) electrons. The molecule has 1 amide bonds. The number of carbonyl (C=O) groups excluding carboxylic acids is 1. The molecular formula is C20H25FN4O. The number of aromatic nitrogens is 2. The Morgan fingerprint density at radius 1 is 1.15 bits per heavy atom. The zero-order chi connectivity index (χ0) is 18.4. The first kappa shape index (κ1) is 18.5. The number of amides is 1. The predicted octanol–water partition coefficient (Wildman–Crippen LogP) is 3.61. The summed E-state index contributed by atoms with van der Waals surface area (Å²) in [7, 11) is 0. The van der Waals surface area contributed by atoms with Crippen molar-refractivity contribution in [1.29, 1.82) is 0 Å². The van der Waals surface area contributed by atoms with Gasteiger partial charge in [0.25, 0.3) is 5.91 Å². The van der Waals surface area contributed by atoms with Crippen LogP contribution in [0.25, 0.3) is 0 Å². The number of nitrogens with zero attached hydrogens (tertiary/aromatic N) is 4. The van der Waals surface area contributed by atoms with E-state index in [1.165, 1.54) is 18.8 Å². The number of carbonyl (C=O) groups is 1. The molecule has 1 saturated heterocycles. The first-order valence-corrected chi connectivity index (χ1v) is 9.28. The van der Waals surface area contributed by atoms with Gasteiger partial charge in [0.2, 0.25) is 0 Å². The van der Waals surface area contributed by atoms with Gasteiger partial charge in [0.1, 0.15) is 12.1 Å². The highest BCUT2D eigenvalue weighted by atomic mass is 19.1. The standard InChI is InChI=1S/C20H25FN4O/c1-2-6-16-11-19(21)8-7-17(16)14-25(24-9-4-3-5-10-24)20(26)18-12-22-15-23-13-18/h7-8,11-13,15H,2-6,9-10,14H2,1H3. The van der Waals surface area contributed by atoms with Gasteiger partial charge in [-0.15, -0.1) is 0 Å². The molecule has 26 heavy (non-hydrogen) atoms. The molecular weight excluding hydrogens is 331 g/mol. The van der Waals surface area contributed by atoms with Crippen molar-refractivity contribution in [1.82, 2.24) is 20.0 Å². The minimum atomic E-state index is -0.232. The maximum Gasteiger partial charge on any atom is 0.271 e. The second-order valence-corrected chi connectivity index (χ2v) is 6.67. The Balaban J connectivity index is 1.90. The van der Waals surface area contributed by atoms with Crippen LogP contribution in [0.1, 0.15) is 54.1 Å². The van der Waals surface area contributed by atoms with Gasteiger partial charge in [0.05, 0.1) is 12.1 Å². The van der Waals surface area contributed by atoms with E-state index in [4.69, 9.17) is 0 Å². The molecule has 2 heterocycles. The third kappa shape index (κ3) is 4.43. The molecule has 0 bridgehead atoms. The van der Waals surface area contributed by atoms with Gasteiger partial charge in [-0.05, 0) is 42.5 Å². The lowest BCUT2D eigenvalue weighted by atomic mass is 10.0. The van der Waals surface area contributed by atoms with Gasteiger partial charge < -0.3 is 0 Å². The van der Waals surface area contributed by atoms with Crippen LogP contribution in [-0.4, -0.2) is 39.0 Å². The molecule has 2 aromatic rings. The SMILES string of the molecule is CCCc1cc(F)ccc1CN(C(=O)c1cncnc1)N1CCCCC1. The normalized spacial score (nSPS) is 15.0. The average molecular weight is 356 g/mol. The highest BCUT2D eigenvalue weighted by Gasteiger charge is 2.25. The summed E-state index contributed by atoms with van der Waals surface area (Å²) in [6.45, 7) is 4.21. The van der Waals surface area contributed by atoms with Gasteiger partial charge >= 0.3 is 0 Å².